The highest BCUT2D eigenvalue weighted by Crippen LogP contribution is 2.14. The van der Waals surface area contributed by atoms with Gasteiger partial charge in [0.2, 0.25) is 0 Å². The van der Waals surface area contributed by atoms with Crippen molar-refractivity contribution in [2.45, 2.75) is 27.3 Å². The molecule has 0 atom stereocenters. The van der Waals surface area contributed by atoms with Gasteiger partial charge in [-0.15, -0.1) is 0 Å². The normalized spacial score (nSPS) is 11.6. The van der Waals surface area contributed by atoms with Crippen LogP contribution in [0.2, 0.25) is 5.02 Å². The van der Waals surface area contributed by atoms with Crippen LogP contribution in [0, 0.1) is 5.41 Å². The summed E-state index contributed by atoms with van der Waals surface area (Å²) in [6.07, 6.45) is 3.59. The Labute approximate surface area is 113 Å². The second-order valence-electron chi connectivity index (χ2n) is 5.12. The van der Waals surface area contributed by atoms with Crippen LogP contribution >= 0.6 is 11.6 Å². The average molecular weight is 267 g/mol. The number of allylic oxidation sites excluding steroid dienone is 1. The van der Waals surface area contributed by atoms with Crippen molar-refractivity contribution in [3.63, 3.8) is 0 Å². The van der Waals surface area contributed by atoms with Gasteiger partial charge in [0.05, 0.1) is 0 Å². The molecule has 2 amide bonds. The molecule has 2 N–H and O–H groups in total. The Bertz CT molecular complexity index is 436. The summed E-state index contributed by atoms with van der Waals surface area (Å²) in [5.74, 6) is 0. The Morgan fingerprint density at radius 2 is 2.00 bits per heavy atom. The third kappa shape index (κ3) is 5.73. The predicted molar refractivity (Wildman–Crippen MR) is 75.4 cm³/mol. The standard InChI is InChI=1S/C14H19ClN2O/c1-14(2,3)8-9-16-13(18)17-10-11-6-4-5-7-12(11)15/h4-9H,10H2,1-3H3,(H2,16,17,18)/b9-8+. The average Bonchev–Trinajstić information content (AvgIpc) is 2.26. The lowest BCUT2D eigenvalue weighted by Gasteiger charge is -2.11. The van der Waals surface area contributed by atoms with Crippen molar-refractivity contribution in [2.75, 3.05) is 0 Å². The molecule has 0 saturated heterocycles. The van der Waals surface area contributed by atoms with Crippen molar-refractivity contribution in [1.29, 1.82) is 0 Å². The van der Waals surface area contributed by atoms with Gasteiger partial charge < -0.3 is 10.6 Å². The lowest BCUT2D eigenvalue weighted by molar-refractivity contribution is 0.243. The molecular weight excluding hydrogens is 248 g/mol. The SMILES string of the molecule is CC(C)(C)/C=C/NC(=O)NCc1ccccc1Cl. The van der Waals surface area contributed by atoms with E-state index in [1.54, 1.807) is 12.3 Å². The van der Waals surface area contributed by atoms with E-state index >= 15 is 0 Å². The van der Waals surface area contributed by atoms with Gasteiger partial charge in [-0.05, 0) is 17.0 Å². The molecule has 0 heterocycles. The molecule has 1 aromatic rings. The molecule has 0 aliphatic carbocycles. The van der Waals surface area contributed by atoms with Crippen molar-refractivity contribution in [3.8, 4) is 0 Å². The lowest BCUT2D eigenvalue weighted by atomic mass is 9.97. The third-order valence-electron chi connectivity index (χ3n) is 2.19. The number of hydrogen-bond donors (Lipinski definition) is 2. The first kappa shape index (κ1) is 14.6. The summed E-state index contributed by atoms with van der Waals surface area (Å²) in [6, 6.07) is 7.19. The van der Waals surface area contributed by atoms with Gasteiger partial charge in [-0.25, -0.2) is 4.79 Å². The minimum atomic E-state index is -0.240. The van der Waals surface area contributed by atoms with Crippen molar-refractivity contribution < 1.29 is 4.79 Å². The number of benzene rings is 1. The third-order valence-corrected chi connectivity index (χ3v) is 2.56. The summed E-state index contributed by atoms with van der Waals surface area (Å²) in [5.41, 5.74) is 0.949. The van der Waals surface area contributed by atoms with E-state index in [4.69, 9.17) is 11.6 Å². The monoisotopic (exact) mass is 266 g/mol. The molecule has 1 aromatic carbocycles. The van der Waals surface area contributed by atoms with Crippen LogP contribution in [0.1, 0.15) is 26.3 Å². The molecule has 0 bridgehead atoms. The molecule has 3 nitrogen and oxygen atoms in total. The van der Waals surface area contributed by atoms with E-state index in [1.165, 1.54) is 0 Å². The summed E-state index contributed by atoms with van der Waals surface area (Å²) in [4.78, 5) is 11.5. The highest BCUT2D eigenvalue weighted by atomic mass is 35.5. The Balaban J connectivity index is 2.39. The zero-order valence-electron chi connectivity index (χ0n) is 11.0. The zero-order chi connectivity index (χ0) is 13.6. The molecule has 98 valence electrons. The van der Waals surface area contributed by atoms with Crippen LogP contribution in [0.25, 0.3) is 0 Å². The number of carbonyl (C=O) groups is 1. The van der Waals surface area contributed by atoms with Crippen molar-refractivity contribution >= 4 is 17.6 Å². The molecule has 0 aliphatic rings. The number of carbonyl (C=O) groups excluding carboxylic acids is 1. The summed E-state index contributed by atoms with van der Waals surface area (Å²) < 4.78 is 0. The summed E-state index contributed by atoms with van der Waals surface area (Å²) in [7, 11) is 0. The van der Waals surface area contributed by atoms with Crippen molar-refractivity contribution in [1.82, 2.24) is 10.6 Å². The molecule has 0 fully saturated rings. The highest BCUT2D eigenvalue weighted by Gasteiger charge is 2.04. The lowest BCUT2D eigenvalue weighted by Crippen LogP contribution is -2.31. The van der Waals surface area contributed by atoms with E-state index in [0.717, 1.165) is 5.56 Å². The second kappa shape index (κ2) is 6.45. The number of amides is 2. The Morgan fingerprint density at radius 1 is 1.33 bits per heavy atom. The zero-order valence-corrected chi connectivity index (χ0v) is 11.7. The smallest absolute Gasteiger partial charge is 0.319 e. The van der Waals surface area contributed by atoms with E-state index in [9.17, 15) is 4.79 Å². The molecule has 1 rings (SSSR count). The highest BCUT2D eigenvalue weighted by molar-refractivity contribution is 6.31. The predicted octanol–water partition coefficient (Wildman–Crippen LogP) is 3.70. The van der Waals surface area contributed by atoms with Crippen LogP contribution in [0.15, 0.2) is 36.5 Å². The summed E-state index contributed by atoms with van der Waals surface area (Å²) >= 11 is 5.99. The number of nitrogens with one attached hydrogen (secondary N) is 2. The molecular formula is C14H19ClN2O. The first-order valence-electron chi connectivity index (χ1n) is 5.84. The molecule has 4 heteroatoms. The van der Waals surface area contributed by atoms with Crippen LogP contribution in [0.3, 0.4) is 0 Å². The van der Waals surface area contributed by atoms with Crippen LogP contribution < -0.4 is 10.6 Å². The maximum atomic E-state index is 11.5. The number of rotatable bonds is 3. The number of urea groups is 1. The topological polar surface area (TPSA) is 41.1 Å². The van der Waals surface area contributed by atoms with Gasteiger partial charge in [0.25, 0.3) is 0 Å². The van der Waals surface area contributed by atoms with Gasteiger partial charge in [-0.1, -0.05) is 56.6 Å². The minimum absolute atomic E-state index is 0.0516. The Hall–Kier alpha value is -1.48. The number of halogens is 1. The molecule has 0 saturated carbocycles. The van der Waals surface area contributed by atoms with E-state index < -0.39 is 0 Å². The van der Waals surface area contributed by atoms with Gasteiger partial charge >= 0.3 is 6.03 Å². The Kier molecular flexibility index (Phi) is 5.23. The molecule has 0 aliphatic heterocycles. The fourth-order valence-electron chi connectivity index (χ4n) is 1.24. The van der Waals surface area contributed by atoms with Crippen molar-refractivity contribution in [2.24, 2.45) is 5.41 Å². The quantitative estimate of drug-likeness (QED) is 0.861. The first-order chi connectivity index (χ1) is 8.38. The van der Waals surface area contributed by atoms with Gasteiger partial charge in [0.15, 0.2) is 0 Å². The molecule has 0 aromatic heterocycles. The van der Waals surface area contributed by atoms with Gasteiger partial charge in [-0.2, -0.15) is 0 Å². The largest absolute Gasteiger partial charge is 0.334 e. The molecule has 18 heavy (non-hydrogen) atoms. The maximum absolute atomic E-state index is 11.5. The maximum Gasteiger partial charge on any atom is 0.319 e. The minimum Gasteiger partial charge on any atom is -0.334 e. The molecule has 0 unspecified atom stereocenters. The van der Waals surface area contributed by atoms with Crippen LogP contribution in [-0.2, 0) is 6.54 Å². The fraction of sp³-hybridized carbons (Fsp3) is 0.357. The van der Waals surface area contributed by atoms with Gasteiger partial charge in [0.1, 0.15) is 0 Å². The van der Waals surface area contributed by atoms with Crippen LogP contribution in [0.4, 0.5) is 4.79 Å². The fourth-order valence-corrected chi connectivity index (χ4v) is 1.44. The van der Waals surface area contributed by atoms with E-state index in [1.807, 2.05) is 24.3 Å². The van der Waals surface area contributed by atoms with E-state index in [-0.39, 0.29) is 11.4 Å². The molecule has 0 radical (unpaired) electrons. The van der Waals surface area contributed by atoms with Gasteiger partial charge in [-0.3, -0.25) is 0 Å². The van der Waals surface area contributed by atoms with Crippen LogP contribution in [0.5, 0.6) is 0 Å². The second-order valence-corrected chi connectivity index (χ2v) is 5.52. The van der Waals surface area contributed by atoms with Crippen LogP contribution in [-0.4, -0.2) is 6.03 Å². The summed E-state index contributed by atoms with van der Waals surface area (Å²) in [5, 5.41) is 6.05. The number of hydrogen-bond acceptors (Lipinski definition) is 1. The van der Waals surface area contributed by atoms with Gasteiger partial charge in [0, 0.05) is 17.8 Å². The Morgan fingerprint density at radius 3 is 2.61 bits per heavy atom. The van der Waals surface area contributed by atoms with E-state index in [2.05, 4.69) is 31.4 Å². The van der Waals surface area contributed by atoms with Crippen molar-refractivity contribution in [3.05, 3.63) is 47.1 Å². The summed E-state index contributed by atoms with van der Waals surface area (Å²) in [6.45, 7) is 6.60. The molecule has 0 spiro atoms. The first-order valence-corrected chi connectivity index (χ1v) is 6.22. The van der Waals surface area contributed by atoms with E-state index in [0.29, 0.717) is 11.6 Å².